The van der Waals surface area contributed by atoms with Crippen molar-refractivity contribution in [3.63, 3.8) is 0 Å². The van der Waals surface area contributed by atoms with E-state index in [-0.39, 0.29) is 12.6 Å². The first-order chi connectivity index (χ1) is 6.77. The first kappa shape index (κ1) is 11.9. The molecule has 2 N–H and O–H groups in total. The highest BCUT2D eigenvalue weighted by atomic mass is 19.1. The number of hydrogen-bond acceptors (Lipinski definition) is 2. The van der Waals surface area contributed by atoms with Gasteiger partial charge in [-0.15, -0.1) is 0 Å². The lowest BCUT2D eigenvalue weighted by atomic mass is 9.94. The van der Waals surface area contributed by atoms with E-state index < -0.39 is 0 Å². The standard InChI is InChI=1S/C11H23FN2/c1-10(7-12)11(8-13)9-14-5-3-2-4-6-14/h10-11H,2-9,13H2,1H3/t10-,11?/m1/s1. The zero-order valence-electron chi connectivity index (χ0n) is 9.21. The van der Waals surface area contributed by atoms with Crippen LogP contribution >= 0.6 is 0 Å². The zero-order chi connectivity index (χ0) is 10.4. The number of nitrogens with two attached hydrogens (primary N) is 1. The van der Waals surface area contributed by atoms with Crippen LogP contribution in [0.2, 0.25) is 0 Å². The Labute approximate surface area is 86.6 Å². The van der Waals surface area contributed by atoms with Crippen LogP contribution in [0, 0.1) is 11.8 Å². The molecule has 0 bridgehead atoms. The average Bonchev–Trinajstić information content (AvgIpc) is 2.26. The molecular formula is C11H23FN2. The molecular weight excluding hydrogens is 179 g/mol. The van der Waals surface area contributed by atoms with Gasteiger partial charge in [-0.1, -0.05) is 13.3 Å². The van der Waals surface area contributed by atoms with Gasteiger partial charge >= 0.3 is 0 Å². The van der Waals surface area contributed by atoms with Crippen LogP contribution < -0.4 is 5.73 Å². The molecule has 0 amide bonds. The van der Waals surface area contributed by atoms with Gasteiger partial charge in [-0.25, -0.2) is 0 Å². The molecule has 1 saturated heterocycles. The van der Waals surface area contributed by atoms with Crippen molar-refractivity contribution in [2.75, 3.05) is 32.9 Å². The third kappa shape index (κ3) is 3.54. The molecule has 0 aromatic heterocycles. The van der Waals surface area contributed by atoms with Gasteiger partial charge in [-0.2, -0.15) is 0 Å². The van der Waals surface area contributed by atoms with Crippen molar-refractivity contribution in [2.45, 2.75) is 26.2 Å². The van der Waals surface area contributed by atoms with E-state index in [2.05, 4.69) is 4.90 Å². The molecule has 3 heteroatoms. The highest BCUT2D eigenvalue weighted by molar-refractivity contribution is 4.73. The SMILES string of the molecule is C[C@H](CF)C(CN)CN1CCCCC1. The predicted octanol–water partition coefficient (Wildman–Crippen LogP) is 1.65. The molecule has 0 radical (unpaired) electrons. The summed E-state index contributed by atoms with van der Waals surface area (Å²) in [4.78, 5) is 2.44. The summed E-state index contributed by atoms with van der Waals surface area (Å²) in [5.74, 6) is 0.444. The smallest absolute Gasteiger partial charge is 0.0923 e. The van der Waals surface area contributed by atoms with E-state index in [1.54, 1.807) is 0 Å². The number of alkyl halides is 1. The van der Waals surface area contributed by atoms with Gasteiger partial charge in [0.15, 0.2) is 0 Å². The first-order valence-corrected chi connectivity index (χ1v) is 5.76. The third-order valence-corrected chi connectivity index (χ3v) is 3.29. The van der Waals surface area contributed by atoms with Crippen LogP contribution in [0.1, 0.15) is 26.2 Å². The highest BCUT2D eigenvalue weighted by Crippen LogP contribution is 2.16. The van der Waals surface area contributed by atoms with Crippen LogP contribution in [0.3, 0.4) is 0 Å². The van der Waals surface area contributed by atoms with Crippen molar-refractivity contribution in [3.8, 4) is 0 Å². The van der Waals surface area contributed by atoms with Crippen molar-refractivity contribution >= 4 is 0 Å². The minimum Gasteiger partial charge on any atom is -0.330 e. The van der Waals surface area contributed by atoms with E-state index in [1.165, 1.54) is 32.4 Å². The van der Waals surface area contributed by atoms with Crippen LogP contribution in [0.15, 0.2) is 0 Å². The summed E-state index contributed by atoms with van der Waals surface area (Å²) >= 11 is 0. The minimum absolute atomic E-state index is 0.113. The maximum absolute atomic E-state index is 12.5. The Morgan fingerprint density at radius 3 is 2.43 bits per heavy atom. The summed E-state index contributed by atoms with van der Waals surface area (Å²) in [6.07, 6.45) is 3.94. The maximum atomic E-state index is 12.5. The minimum atomic E-state index is -0.240. The van der Waals surface area contributed by atoms with E-state index in [4.69, 9.17) is 5.73 Å². The van der Waals surface area contributed by atoms with E-state index in [1.807, 2.05) is 6.92 Å². The summed E-state index contributed by atoms with van der Waals surface area (Å²) < 4.78 is 12.5. The summed E-state index contributed by atoms with van der Waals surface area (Å²) in [5, 5.41) is 0. The Hall–Kier alpha value is -0.150. The zero-order valence-corrected chi connectivity index (χ0v) is 9.21. The van der Waals surface area contributed by atoms with Gasteiger partial charge in [-0.3, -0.25) is 4.39 Å². The van der Waals surface area contributed by atoms with Gasteiger partial charge in [0.05, 0.1) is 6.67 Å². The number of nitrogens with zero attached hydrogens (tertiary/aromatic N) is 1. The molecule has 2 nitrogen and oxygen atoms in total. The largest absolute Gasteiger partial charge is 0.330 e. The number of rotatable bonds is 5. The Morgan fingerprint density at radius 2 is 1.93 bits per heavy atom. The van der Waals surface area contributed by atoms with Crippen molar-refractivity contribution in [2.24, 2.45) is 17.6 Å². The molecule has 2 atom stereocenters. The van der Waals surface area contributed by atoms with Crippen LogP contribution in [0.4, 0.5) is 4.39 Å². The second-order valence-electron chi connectivity index (χ2n) is 4.49. The second kappa shape index (κ2) is 6.36. The Bertz CT molecular complexity index is 146. The van der Waals surface area contributed by atoms with E-state index in [0.29, 0.717) is 12.5 Å². The molecule has 0 spiro atoms. The first-order valence-electron chi connectivity index (χ1n) is 5.76. The molecule has 1 unspecified atom stereocenters. The van der Waals surface area contributed by atoms with E-state index in [9.17, 15) is 4.39 Å². The van der Waals surface area contributed by atoms with Gasteiger partial charge in [-0.05, 0) is 44.3 Å². The fourth-order valence-corrected chi connectivity index (χ4v) is 2.09. The Balaban J connectivity index is 2.30. The van der Waals surface area contributed by atoms with Gasteiger partial charge in [0, 0.05) is 6.54 Å². The average molecular weight is 202 g/mol. The number of hydrogen-bond donors (Lipinski definition) is 1. The van der Waals surface area contributed by atoms with Crippen molar-refractivity contribution in [1.29, 1.82) is 0 Å². The lowest BCUT2D eigenvalue weighted by Gasteiger charge is -2.31. The summed E-state index contributed by atoms with van der Waals surface area (Å²) in [6, 6.07) is 0. The quantitative estimate of drug-likeness (QED) is 0.734. The molecule has 0 aliphatic carbocycles. The summed E-state index contributed by atoms with van der Waals surface area (Å²) in [7, 11) is 0. The number of piperidine rings is 1. The summed E-state index contributed by atoms with van der Waals surface area (Å²) in [5.41, 5.74) is 5.67. The normalized spacial score (nSPS) is 23.4. The Kier molecular flexibility index (Phi) is 5.41. The van der Waals surface area contributed by atoms with Crippen LogP contribution in [0.25, 0.3) is 0 Å². The maximum Gasteiger partial charge on any atom is 0.0923 e. The predicted molar refractivity (Wildman–Crippen MR) is 58.0 cm³/mol. The number of likely N-dealkylation sites (tertiary alicyclic amines) is 1. The topological polar surface area (TPSA) is 29.3 Å². The molecule has 0 aromatic carbocycles. The third-order valence-electron chi connectivity index (χ3n) is 3.29. The molecule has 1 aliphatic rings. The molecule has 0 aromatic rings. The van der Waals surface area contributed by atoms with Gasteiger partial charge in [0.25, 0.3) is 0 Å². The van der Waals surface area contributed by atoms with E-state index in [0.717, 1.165) is 6.54 Å². The lowest BCUT2D eigenvalue weighted by Crippen LogP contribution is -2.39. The fraction of sp³-hybridized carbons (Fsp3) is 1.00. The van der Waals surface area contributed by atoms with Gasteiger partial charge in [0.1, 0.15) is 0 Å². The number of halogens is 1. The molecule has 84 valence electrons. The van der Waals surface area contributed by atoms with Gasteiger partial charge < -0.3 is 10.6 Å². The van der Waals surface area contributed by atoms with Crippen LogP contribution in [-0.4, -0.2) is 37.8 Å². The van der Waals surface area contributed by atoms with Gasteiger partial charge in [0.2, 0.25) is 0 Å². The second-order valence-corrected chi connectivity index (χ2v) is 4.49. The molecule has 0 saturated carbocycles. The molecule has 1 aliphatic heterocycles. The van der Waals surface area contributed by atoms with Crippen LogP contribution in [0.5, 0.6) is 0 Å². The molecule has 1 heterocycles. The van der Waals surface area contributed by atoms with Crippen LogP contribution in [-0.2, 0) is 0 Å². The van der Waals surface area contributed by atoms with E-state index >= 15 is 0 Å². The molecule has 1 fully saturated rings. The monoisotopic (exact) mass is 202 g/mol. The molecule has 1 rings (SSSR count). The molecule has 14 heavy (non-hydrogen) atoms. The van der Waals surface area contributed by atoms with Crippen molar-refractivity contribution in [3.05, 3.63) is 0 Å². The lowest BCUT2D eigenvalue weighted by molar-refractivity contribution is 0.160. The summed E-state index contributed by atoms with van der Waals surface area (Å²) in [6.45, 7) is 5.67. The Morgan fingerprint density at radius 1 is 1.29 bits per heavy atom. The highest BCUT2D eigenvalue weighted by Gasteiger charge is 2.20. The van der Waals surface area contributed by atoms with Crippen molar-refractivity contribution < 1.29 is 4.39 Å². The fourth-order valence-electron chi connectivity index (χ4n) is 2.09. The van der Waals surface area contributed by atoms with Crippen molar-refractivity contribution in [1.82, 2.24) is 4.90 Å².